The maximum Gasteiger partial charge on any atom is 0.186 e. The molecule has 1 aromatic heterocycles. The minimum absolute atomic E-state index is 0.0977. The van der Waals surface area contributed by atoms with E-state index in [2.05, 4.69) is 15.3 Å². The number of halogens is 1. The van der Waals surface area contributed by atoms with Gasteiger partial charge in [-0.05, 0) is 20.3 Å². The molecule has 2 rings (SSSR count). The van der Waals surface area contributed by atoms with Crippen molar-refractivity contribution in [2.75, 3.05) is 18.5 Å². The number of aryl methyl sites for hydroxylation is 1. The second-order valence-corrected chi connectivity index (χ2v) is 4.67. The Morgan fingerprint density at radius 3 is 2.89 bits per heavy atom. The first-order valence-corrected chi connectivity index (χ1v) is 6.07. The van der Waals surface area contributed by atoms with Crippen LogP contribution in [0.5, 0.6) is 0 Å². The van der Waals surface area contributed by atoms with Crippen molar-refractivity contribution < 1.29 is 13.9 Å². The van der Waals surface area contributed by atoms with E-state index < -0.39 is 11.6 Å². The third-order valence-electron chi connectivity index (χ3n) is 2.76. The number of hydrogen-bond acceptors (Lipinski definition) is 5. The number of aromatic nitrogens is 2. The number of nitrogens with one attached hydrogen (secondary N) is 1. The minimum atomic E-state index is -0.564. The van der Waals surface area contributed by atoms with Gasteiger partial charge in [-0.15, -0.1) is 0 Å². The van der Waals surface area contributed by atoms with Crippen molar-refractivity contribution in [2.24, 2.45) is 0 Å². The van der Waals surface area contributed by atoms with E-state index in [0.29, 0.717) is 25.3 Å². The van der Waals surface area contributed by atoms with Crippen molar-refractivity contribution in [3.8, 4) is 0 Å². The summed E-state index contributed by atoms with van der Waals surface area (Å²) in [4.78, 5) is 7.77. The molecule has 1 fully saturated rings. The van der Waals surface area contributed by atoms with Gasteiger partial charge in [-0.1, -0.05) is 6.92 Å². The molecule has 6 heteroatoms. The van der Waals surface area contributed by atoms with Crippen molar-refractivity contribution in [1.29, 1.82) is 0 Å². The summed E-state index contributed by atoms with van der Waals surface area (Å²) in [5.74, 6) is -0.737. The smallest absolute Gasteiger partial charge is 0.186 e. The van der Waals surface area contributed by atoms with E-state index in [1.54, 1.807) is 0 Å². The fourth-order valence-electron chi connectivity index (χ4n) is 1.85. The van der Waals surface area contributed by atoms with E-state index in [9.17, 15) is 4.39 Å². The highest BCUT2D eigenvalue weighted by molar-refractivity contribution is 5.37. The largest absolute Gasteiger partial charge is 0.365 e. The van der Waals surface area contributed by atoms with Crippen LogP contribution in [0, 0.1) is 5.82 Å². The van der Waals surface area contributed by atoms with E-state index in [1.165, 1.54) is 6.33 Å². The Hall–Kier alpha value is -1.27. The summed E-state index contributed by atoms with van der Waals surface area (Å²) in [5, 5.41) is 2.94. The molecule has 0 spiro atoms. The molecule has 100 valence electrons. The molecule has 0 radical (unpaired) electrons. The van der Waals surface area contributed by atoms with Gasteiger partial charge >= 0.3 is 0 Å². The van der Waals surface area contributed by atoms with Crippen LogP contribution in [0.25, 0.3) is 0 Å². The van der Waals surface area contributed by atoms with E-state index in [1.807, 2.05) is 20.8 Å². The molecule has 5 nitrogen and oxygen atoms in total. The van der Waals surface area contributed by atoms with Crippen LogP contribution in [-0.4, -0.2) is 35.0 Å². The molecule has 1 atom stereocenters. The summed E-state index contributed by atoms with van der Waals surface area (Å²) >= 11 is 0. The van der Waals surface area contributed by atoms with Crippen LogP contribution in [-0.2, 0) is 15.9 Å². The van der Waals surface area contributed by atoms with Crippen LogP contribution in [0.15, 0.2) is 6.33 Å². The van der Waals surface area contributed by atoms with Gasteiger partial charge in [0.1, 0.15) is 12.4 Å². The average Bonchev–Trinajstić information content (AvgIpc) is 2.68. The molecule has 0 bridgehead atoms. The Balaban J connectivity index is 1.95. The fourth-order valence-corrected chi connectivity index (χ4v) is 1.85. The normalized spacial score (nSPS) is 22.1. The molecule has 0 saturated carbocycles. The monoisotopic (exact) mass is 255 g/mol. The van der Waals surface area contributed by atoms with Crippen LogP contribution in [0.2, 0.25) is 0 Å². The van der Waals surface area contributed by atoms with Crippen LogP contribution in [0.3, 0.4) is 0 Å². The van der Waals surface area contributed by atoms with E-state index in [-0.39, 0.29) is 11.9 Å². The van der Waals surface area contributed by atoms with E-state index in [0.717, 1.165) is 0 Å². The quantitative estimate of drug-likeness (QED) is 0.888. The second kappa shape index (κ2) is 5.16. The van der Waals surface area contributed by atoms with Crippen molar-refractivity contribution in [3.63, 3.8) is 0 Å². The third-order valence-corrected chi connectivity index (χ3v) is 2.76. The maximum absolute atomic E-state index is 13.8. The van der Waals surface area contributed by atoms with Crippen LogP contribution < -0.4 is 5.32 Å². The van der Waals surface area contributed by atoms with Gasteiger partial charge < -0.3 is 14.8 Å². The lowest BCUT2D eigenvalue weighted by Crippen LogP contribution is -2.26. The molecular formula is C12H18FN3O2. The van der Waals surface area contributed by atoms with Crippen molar-refractivity contribution in [3.05, 3.63) is 17.8 Å². The SMILES string of the molecule is CCc1ncnc(NCC2COC(C)(C)O2)c1F. The van der Waals surface area contributed by atoms with Crippen molar-refractivity contribution in [1.82, 2.24) is 9.97 Å². The van der Waals surface area contributed by atoms with Gasteiger partial charge in [0, 0.05) is 6.54 Å². The Bertz CT molecular complexity index is 426. The first-order chi connectivity index (χ1) is 8.52. The Morgan fingerprint density at radius 2 is 2.28 bits per heavy atom. The van der Waals surface area contributed by atoms with Gasteiger partial charge in [0.15, 0.2) is 17.4 Å². The minimum Gasteiger partial charge on any atom is -0.365 e. The zero-order valence-corrected chi connectivity index (χ0v) is 10.9. The fraction of sp³-hybridized carbons (Fsp3) is 0.667. The Labute approximate surface area is 106 Å². The molecular weight excluding hydrogens is 237 g/mol. The highest BCUT2D eigenvalue weighted by Crippen LogP contribution is 2.22. The van der Waals surface area contributed by atoms with E-state index >= 15 is 0 Å². The number of anilines is 1. The molecule has 0 amide bonds. The third kappa shape index (κ3) is 2.94. The molecule has 0 aromatic carbocycles. The summed E-state index contributed by atoms with van der Waals surface area (Å²) in [5.41, 5.74) is 0.413. The molecule has 2 heterocycles. The predicted octanol–water partition coefficient (Wildman–Crippen LogP) is 1.74. The van der Waals surface area contributed by atoms with Crippen molar-refractivity contribution >= 4 is 5.82 Å². The van der Waals surface area contributed by atoms with Gasteiger partial charge in [0.05, 0.1) is 12.3 Å². The lowest BCUT2D eigenvalue weighted by atomic mass is 10.3. The predicted molar refractivity (Wildman–Crippen MR) is 64.8 cm³/mol. The second-order valence-electron chi connectivity index (χ2n) is 4.67. The number of ether oxygens (including phenoxy) is 2. The first-order valence-electron chi connectivity index (χ1n) is 6.07. The Kier molecular flexibility index (Phi) is 3.77. The number of nitrogens with zero attached hydrogens (tertiary/aromatic N) is 2. The van der Waals surface area contributed by atoms with Crippen LogP contribution >= 0.6 is 0 Å². The molecule has 18 heavy (non-hydrogen) atoms. The topological polar surface area (TPSA) is 56.3 Å². The summed E-state index contributed by atoms with van der Waals surface area (Å²) in [6.45, 7) is 6.51. The molecule has 1 aromatic rings. The molecule has 1 aliphatic heterocycles. The zero-order valence-electron chi connectivity index (χ0n) is 10.9. The van der Waals surface area contributed by atoms with Gasteiger partial charge in [-0.2, -0.15) is 0 Å². The van der Waals surface area contributed by atoms with Gasteiger partial charge in [-0.25, -0.2) is 14.4 Å². The highest BCUT2D eigenvalue weighted by atomic mass is 19.1. The lowest BCUT2D eigenvalue weighted by molar-refractivity contribution is -0.136. The van der Waals surface area contributed by atoms with E-state index in [4.69, 9.17) is 9.47 Å². The number of rotatable bonds is 4. The molecule has 1 saturated heterocycles. The number of hydrogen-bond donors (Lipinski definition) is 1. The van der Waals surface area contributed by atoms with Gasteiger partial charge in [0.25, 0.3) is 0 Å². The molecule has 1 aliphatic rings. The molecule has 0 aliphatic carbocycles. The average molecular weight is 255 g/mol. The zero-order chi connectivity index (χ0) is 13.2. The van der Waals surface area contributed by atoms with Gasteiger partial charge in [-0.3, -0.25) is 0 Å². The van der Waals surface area contributed by atoms with Gasteiger partial charge in [0.2, 0.25) is 0 Å². The Morgan fingerprint density at radius 1 is 1.50 bits per heavy atom. The molecule has 1 N–H and O–H groups in total. The summed E-state index contributed by atoms with van der Waals surface area (Å²) < 4.78 is 24.9. The first kappa shape index (κ1) is 13.2. The standard InChI is InChI=1S/C12H18FN3O2/c1-4-9-10(13)11(16-7-15-9)14-5-8-6-17-12(2,3)18-8/h7-8H,4-6H2,1-3H3,(H,14,15,16). The van der Waals surface area contributed by atoms with Crippen molar-refractivity contribution in [2.45, 2.75) is 39.1 Å². The summed E-state index contributed by atoms with van der Waals surface area (Å²) in [6.07, 6.45) is 1.80. The summed E-state index contributed by atoms with van der Waals surface area (Å²) in [6, 6.07) is 0. The highest BCUT2D eigenvalue weighted by Gasteiger charge is 2.32. The lowest BCUT2D eigenvalue weighted by Gasteiger charge is -2.17. The maximum atomic E-state index is 13.8. The van der Waals surface area contributed by atoms with Crippen LogP contribution in [0.1, 0.15) is 26.5 Å². The summed E-state index contributed by atoms with van der Waals surface area (Å²) in [7, 11) is 0. The van der Waals surface area contributed by atoms with Crippen LogP contribution in [0.4, 0.5) is 10.2 Å². The molecule has 1 unspecified atom stereocenters.